The van der Waals surface area contributed by atoms with Gasteiger partial charge in [0.15, 0.2) is 11.5 Å². The number of nitrogens with one attached hydrogen (secondary N) is 1. The van der Waals surface area contributed by atoms with Crippen LogP contribution < -0.4 is 14.8 Å². The molecule has 2 aromatic rings. The van der Waals surface area contributed by atoms with Gasteiger partial charge in [0.1, 0.15) is 17.6 Å². The van der Waals surface area contributed by atoms with Gasteiger partial charge >= 0.3 is 0 Å². The Kier molecular flexibility index (Phi) is 5.31. The van der Waals surface area contributed by atoms with E-state index in [9.17, 15) is 0 Å². The maximum absolute atomic E-state index is 9.11. The average Bonchev–Trinajstić information content (AvgIpc) is 3.08. The lowest BCUT2D eigenvalue weighted by molar-refractivity contribution is 0.326. The number of hydrogen-bond acceptors (Lipinski definition) is 7. The monoisotopic (exact) mass is 339 g/mol. The third-order valence-electron chi connectivity index (χ3n) is 4.23. The molecule has 1 unspecified atom stereocenters. The smallest absolute Gasteiger partial charge is 0.182 e. The van der Waals surface area contributed by atoms with Gasteiger partial charge in [0.05, 0.1) is 14.2 Å². The van der Waals surface area contributed by atoms with Crippen LogP contribution in [0.15, 0.2) is 30.6 Å². The summed E-state index contributed by atoms with van der Waals surface area (Å²) in [7, 11) is 3.31. The second kappa shape index (κ2) is 7.81. The first-order valence-corrected chi connectivity index (χ1v) is 8.13. The molecule has 1 fully saturated rings. The van der Waals surface area contributed by atoms with Crippen molar-refractivity contribution in [1.29, 1.82) is 5.26 Å². The fraction of sp³-hybridized carbons (Fsp3) is 0.389. The molecular formula is C18H21N5O2. The largest absolute Gasteiger partial charge is 0.497 e. The summed E-state index contributed by atoms with van der Waals surface area (Å²) in [5, 5.41) is 12.4. The number of nitriles is 1. The molecule has 25 heavy (non-hydrogen) atoms. The van der Waals surface area contributed by atoms with Crippen LogP contribution in [0, 0.1) is 11.3 Å². The fourth-order valence-corrected chi connectivity index (χ4v) is 3.03. The van der Waals surface area contributed by atoms with Crippen molar-refractivity contribution in [3.63, 3.8) is 0 Å². The third-order valence-corrected chi connectivity index (χ3v) is 4.23. The first-order valence-electron chi connectivity index (χ1n) is 8.13. The summed E-state index contributed by atoms with van der Waals surface area (Å²) in [6.45, 7) is 2.66. The second-order valence-electron chi connectivity index (χ2n) is 5.95. The lowest BCUT2D eigenvalue weighted by atomic mass is 10.2. The predicted molar refractivity (Wildman–Crippen MR) is 93.6 cm³/mol. The van der Waals surface area contributed by atoms with E-state index in [4.69, 9.17) is 14.7 Å². The van der Waals surface area contributed by atoms with Crippen LogP contribution in [0.25, 0.3) is 0 Å². The van der Waals surface area contributed by atoms with Crippen LogP contribution in [-0.2, 0) is 6.54 Å². The molecule has 0 aliphatic carbocycles. The molecule has 1 aromatic heterocycles. The van der Waals surface area contributed by atoms with Gasteiger partial charge in [0.2, 0.25) is 0 Å². The van der Waals surface area contributed by atoms with Crippen molar-refractivity contribution < 1.29 is 9.47 Å². The molecule has 1 aliphatic heterocycles. The van der Waals surface area contributed by atoms with Gasteiger partial charge in [-0.15, -0.1) is 0 Å². The molecular weight excluding hydrogens is 318 g/mol. The van der Waals surface area contributed by atoms with Gasteiger partial charge < -0.3 is 14.8 Å². The molecule has 0 saturated carbocycles. The molecule has 7 heteroatoms. The molecule has 1 N–H and O–H groups in total. The molecule has 0 spiro atoms. The number of ether oxygens (including phenoxy) is 2. The molecule has 7 nitrogen and oxygen atoms in total. The number of anilines is 1. The Bertz CT molecular complexity index is 752. The van der Waals surface area contributed by atoms with E-state index in [1.165, 1.54) is 6.20 Å². The molecule has 2 heterocycles. The number of hydrogen-bond donors (Lipinski definition) is 1. The molecule has 3 rings (SSSR count). The van der Waals surface area contributed by atoms with Crippen LogP contribution in [0.1, 0.15) is 17.7 Å². The Labute approximate surface area is 147 Å². The Hall–Kier alpha value is -2.85. The zero-order valence-corrected chi connectivity index (χ0v) is 14.4. The van der Waals surface area contributed by atoms with Crippen molar-refractivity contribution >= 4 is 5.82 Å². The van der Waals surface area contributed by atoms with Gasteiger partial charge in [-0.05, 0) is 24.1 Å². The van der Waals surface area contributed by atoms with E-state index in [-0.39, 0.29) is 6.04 Å². The highest BCUT2D eigenvalue weighted by molar-refractivity contribution is 5.47. The zero-order valence-electron chi connectivity index (χ0n) is 14.4. The van der Waals surface area contributed by atoms with Gasteiger partial charge in [-0.25, -0.2) is 9.97 Å². The molecule has 1 aromatic carbocycles. The summed E-state index contributed by atoms with van der Waals surface area (Å²) < 4.78 is 10.7. The Balaban J connectivity index is 1.63. The number of benzene rings is 1. The Morgan fingerprint density at radius 1 is 1.20 bits per heavy atom. The van der Waals surface area contributed by atoms with Crippen LogP contribution >= 0.6 is 0 Å². The maximum Gasteiger partial charge on any atom is 0.182 e. The summed E-state index contributed by atoms with van der Waals surface area (Å²) in [5.41, 5.74) is 1.48. The number of likely N-dealkylation sites (tertiary alicyclic amines) is 1. The predicted octanol–water partition coefficient (Wildman–Crippen LogP) is 2.05. The molecule has 130 valence electrons. The fourth-order valence-electron chi connectivity index (χ4n) is 3.03. The van der Waals surface area contributed by atoms with E-state index >= 15 is 0 Å². The molecule has 1 saturated heterocycles. The maximum atomic E-state index is 9.11. The molecule has 0 bridgehead atoms. The van der Waals surface area contributed by atoms with E-state index in [0.29, 0.717) is 11.5 Å². The number of methoxy groups -OCH3 is 2. The molecule has 0 amide bonds. The first-order chi connectivity index (χ1) is 12.2. The van der Waals surface area contributed by atoms with Crippen LogP contribution in [-0.4, -0.2) is 48.2 Å². The lowest BCUT2D eigenvalue weighted by Crippen LogP contribution is -2.26. The molecule has 1 atom stereocenters. The van der Waals surface area contributed by atoms with Gasteiger partial charge in [-0.2, -0.15) is 5.26 Å². The highest BCUT2D eigenvalue weighted by Gasteiger charge is 2.24. The van der Waals surface area contributed by atoms with E-state index in [1.807, 2.05) is 18.2 Å². The van der Waals surface area contributed by atoms with E-state index in [1.54, 1.807) is 20.4 Å². The number of nitrogens with zero attached hydrogens (tertiary/aromatic N) is 4. The average molecular weight is 339 g/mol. The van der Waals surface area contributed by atoms with E-state index in [0.717, 1.165) is 43.1 Å². The van der Waals surface area contributed by atoms with Gasteiger partial charge in [-0.3, -0.25) is 4.90 Å². The van der Waals surface area contributed by atoms with Crippen LogP contribution in [0.2, 0.25) is 0 Å². The first kappa shape index (κ1) is 17.0. The summed E-state index contributed by atoms with van der Waals surface area (Å²) in [5.74, 6) is 2.14. The Morgan fingerprint density at radius 2 is 1.92 bits per heavy atom. The summed E-state index contributed by atoms with van der Waals surface area (Å²) in [6, 6.07) is 8.24. The molecule has 1 aliphatic rings. The van der Waals surface area contributed by atoms with Crippen molar-refractivity contribution in [3.8, 4) is 17.6 Å². The van der Waals surface area contributed by atoms with Crippen molar-refractivity contribution in [2.45, 2.75) is 19.0 Å². The summed E-state index contributed by atoms with van der Waals surface area (Å²) in [6.07, 6.45) is 4.11. The lowest BCUT2D eigenvalue weighted by Gasteiger charge is -2.18. The third kappa shape index (κ3) is 4.17. The minimum atomic E-state index is 0.247. The van der Waals surface area contributed by atoms with E-state index in [2.05, 4.69) is 26.3 Å². The highest BCUT2D eigenvalue weighted by atomic mass is 16.5. The molecule has 0 radical (unpaired) electrons. The summed E-state index contributed by atoms with van der Waals surface area (Å²) in [4.78, 5) is 10.6. The van der Waals surface area contributed by atoms with Gasteiger partial charge in [-0.1, -0.05) is 0 Å². The van der Waals surface area contributed by atoms with Crippen molar-refractivity contribution in [2.75, 3.05) is 32.6 Å². The van der Waals surface area contributed by atoms with Gasteiger partial charge in [0.25, 0.3) is 0 Å². The quantitative estimate of drug-likeness (QED) is 0.862. The minimum absolute atomic E-state index is 0.247. The minimum Gasteiger partial charge on any atom is -0.497 e. The SMILES string of the molecule is COc1cc(CN2CCC(Nc3nccnc3C#N)C2)cc(OC)c1. The zero-order chi connectivity index (χ0) is 17.6. The number of aromatic nitrogens is 2. The van der Waals surface area contributed by atoms with Crippen LogP contribution in [0.5, 0.6) is 11.5 Å². The second-order valence-corrected chi connectivity index (χ2v) is 5.95. The topological polar surface area (TPSA) is 83.3 Å². The van der Waals surface area contributed by atoms with Gasteiger partial charge in [0, 0.05) is 44.1 Å². The number of rotatable bonds is 6. The van der Waals surface area contributed by atoms with Crippen molar-refractivity contribution in [3.05, 3.63) is 41.9 Å². The highest BCUT2D eigenvalue weighted by Crippen LogP contribution is 2.25. The normalized spacial score (nSPS) is 17.1. The van der Waals surface area contributed by atoms with Crippen LogP contribution in [0.4, 0.5) is 5.82 Å². The van der Waals surface area contributed by atoms with Crippen LogP contribution in [0.3, 0.4) is 0 Å². The van der Waals surface area contributed by atoms with Crippen molar-refractivity contribution in [1.82, 2.24) is 14.9 Å². The van der Waals surface area contributed by atoms with Crippen molar-refractivity contribution in [2.24, 2.45) is 0 Å². The van der Waals surface area contributed by atoms with E-state index < -0.39 is 0 Å². The summed E-state index contributed by atoms with van der Waals surface area (Å²) >= 11 is 0. The Morgan fingerprint density at radius 3 is 2.60 bits per heavy atom. The standard InChI is InChI=1S/C18H21N5O2/c1-24-15-7-13(8-16(9-15)25-2)11-23-6-3-14(12-23)22-18-17(10-19)20-4-5-21-18/h4-5,7-9,14H,3,6,11-12H2,1-2H3,(H,21,22).